The molecule has 4 heterocycles. The molecule has 0 spiro atoms. The summed E-state index contributed by atoms with van der Waals surface area (Å²) in [4.78, 5) is 13.5. The van der Waals surface area contributed by atoms with Crippen LogP contribution in [0.5, 0.6) is 0 Å². The first-order valence-electron chi connectivity index (χ1n) is 11.7. The van der Waals surface area contributed by atoms with Crippen molar-refractivity contribution < 1.29 is 23.5 Å². The van der Waals surface area contributed by atoms with Gasteiger partial charge in [0.15, 0.2) is 11.9 Å². The van der Waals surface area contributed by atoms with E-state index in [1.807, 2.05) is 24.3 Å². The van der Waals surface area contributed by atoms with Crippen molar-refractivity contribution in [3.63, 3.8) is 0 Å². The topological polar surface area (TPSA) is 59.7 Å². The number of piperidine rings is 3. The van der Waals surface area contributed by atoms with Crippen molar-refractivity contribution in [2.45, 2.75) is 24.5 Å². The van der Waals surface area contributed by atoms with Crippen molar-refractivity contribution in [2.24, 2.45) is 5.92 Å². The number of nitrogens with zero attached hydrogens (tertiary/aromatic N) is 1. The Morgan fingerprint density at radius 2 is 1.73 bits per heavy atom. The Labute approximate surface area is 194 Å². The fraction of sp³-hybridized carbons (Fsp3) is 0.321. The van der Waals surface area contributed by atoms with Crippen LogP contribution in [0.1, 0.15) is 29.7 Å². The van der Waals surface area contributed by atoms with Crippen LogP contribution < -0.4 is 0 Å². The molecule has 5 heteroatoms. The van der Waals surface area contributed by atoms with E-state index in [9.17, 15) is 9.90 Å². The average molecular weight is 445 g/mol. The number of benzene rings is 2. The average Bonchev–Trinajstić information content (AvgIpc) is 3.41. The van der Waals surface area contributed by atoms with E-state index in [2.05, 4.69) is 24.3 Å². The van der Waals surface area contributed by atoms with Gasteiger partial charge >= 0.3 is 5.97 Å². The van der Waals surface area contributed by atoms with E-state index in [4.69, 9.17) is 9.15 Å². The Hall–Kier alpha value is -3.15. The van der Waals surface area contributed by atoms with Crippen LogP contribution >= 0.6 is 0 Å². The minimum absolute atomic E-state index is 0.176. The molecule has 1 N–H and O–H groups in total. The van der Waals surface area contributed by atoms with Gasteiger partial charge in [0.1, 0.15) is 6.54 Å². The summed E-state index contributed by atoms with van der Waals surface area (Å²) in [6.45, 7) is 3.88. The van der Waals surface area contributed by atoms with Gasteiger partial charge in [-0.25, -0.2) is 4.79 Å². The number of aliphatic hydroxyl groups is 1. The molecule has 5 nitrogen and oxygen atoms in total. The van der Waals surface area contributed by atoms with Gasteiger partial charge in [0.2, 0.25) is 5.60 Å². The molecule has 6 rings (SSSR count). The van der Waals surface area contributed by atoms with Crippen LogP contribution in [0.2, 0.25) is 0 Å². The normalized spacial score (nSPS) is 26.2. The number of rotatable bonds is 7. The summed E-state index contributed by atoms with van der Waals surface area (Å²) in [5.41, 5.74) is -0.327. The number of ether oxygens (including phenoxy) is 1. The molecule has 3 fully saturated rings. The number of furan rings is 1. The number of quaternary nitrogens is 1. The molecule has 1 aromatic heterocycles. The van der Waals surface area contributed by atoms with Crippen molar-refractivity contribution in [3.05, 3.63) is 102 Å². The lowest BCUT2D eigenvalue weighted by Gasteiger charge is -2.51. The molecule has 2 atom stereocenters. The van der Waals surface area contributed by atoms with Crippen LogP contribution in [0.15, 0.2) is 89.6 Å². The van der Waals surface area contributed by atoms with E-state index in [0.29, 0.717) is 11.5 Å². The first-order chi connectivity index (χ1) is 16.1. The molecule has 33 heavy (non-hydrogen) atoms. The Morgan fingerprint density at radius 1 is 1.03 bits per heavy atom. The van der Waals surface area contributed by atoms with Crippen LogP contribution in [0, 0.1) is 5.92 Å². The van der Waals surface area contributed by atoms with Crippen molar-refractivity contribution >= 4 is 12.0 Å². The van der Waals surface area contributed by atoms with Gasteiger partial charge in [0.25, 0.3) is 0 Å². The van der Waals surface area contributed by atoms with E-state index in [1.54, 1.807) is 36.4 Å². The zero-order valence-electron chi connectivity index (χ0n) is 18.7. The third-order valence-electron chi connectivity index (χ3n) is 7.27. The lowest BCUT2D eigenvalue weighted by atomic mass is 9.82. The molecular formula is C28H30NO4+. The van der Waals surface area contributed by atoms with Crippen LogP contribution in [0.25, 0.3) is 6.08 Å². The fourth-order valence-electron chi connectivity index (χ4n) is 5.34. The first-order valence-corrected chi connectivity index (χ1v) is 11.7. The number of carbonyl (C=O) groups is 1. The lowest BCUT2D eigenvalue weighted by Crippen LogP contribution is -2.64. The van der Waals surface area contributed by atoms with Gasteiger partial charge in [-0.15, -0.1) is 0 Å². The van der Waals surface area contributed by atoms with Crippen LogP contribution in [-0.2, 0) is 15.1 Å². The van der Waals surface area contributed by atoms with E-state index < -0.39 is 11.6 Å². The first kappa shape index (κ1) is 21.7. The molecule has 170 valence electrons. The molecule has 3 saturated heterocycles. The number of carbonyl (C=O) groups excluding carboxylic acids is 1. The highest BCUT2D eigenvalue weighted by molar-refractivity contribution is 5.84. The van der Waals surface area contributed by atoms with Gasteiger partial charge in [-0.1, -0.05) is 66.7 Å². The Balaban J connectivity index is 1.33. The van der Waals surface area contributed by atoms with Crippen LogP contribution in [-0.4, -0.2) is 47.8 Å². The van der Waals surface area contributed by atoms with Crippen LogP contribution in [0.3, 0.4) is 0 Å². The fourth-order valence-corrected chi connectivity index (χ4v) is 5.34. The highest BCUT2D eigenvalue weighted by Gasteiger charge is 2.51. The number of fused-ring (bicyclic) bond motifs is 3. The quantitative estimate of drug-likeness (QED) is 0.434. The smallest absolute Gasteiger partial charge is 0.351 e. The maximum Gasteiger partial charge on any atom is 0.351 e. The highest BCUT2D eigenvalue weighted by Crippen LogP contribution is 2.38. The Morgan fingerprint density at radius 3 is 2.39 bits per heavy atom. The minimum atomic E-state index is -1.96. The maximum absolute atomic E-state index is 13.5. The summed E-state index contributed by atoms with van der Waals surface area (Å²) in [5.74, 6) is -0.154. The van der Waals surface area contributed by atoms with E-state index >= 15 is 0 Å². The summed E-state index contributed by atoms with van der Waals surface area (Å²) in [6, 6.07) is 22.5. The molecule has 0 saturated carbocycles. The van der Waals surface area contributed by atoms with Gasteiger partial charge < -0.3 is 18.7 Å². The molecule has 3 aliphatic rings. The molecule has 0 radical (unpaired) electrons. The van der Waals surface area contributed by atoms with E-state index in [1.165, 1.54) is 11.8 Å². The maximum atomic E-state index is 13.5. The molecule has 0 aliphatic carbocycles. The summed E-state index contributed by atoms with van der Waals surface area (Å²) < 4.78 is 12.5. The zero-order chi connectivity index (χ0) is 22.7. The molecular weight excluding hydrogens is 414 g/mol. The van der Waals surface area contributed by atoms with E-state index in [-0.39, 0.29) is 11.9 Å². The monoisotopic (exact) mass is 444 g/mol. The van der Waals surface area contributed by atoms with Crippen molar-refractivity contribution in [1.29, 1.82) is 0 Å². The van der Waals surface area contributed by atoms with Gasteiger partial charge in [0.05, 0.1) is 25.9 Å². The molecule has 3 aliphatic heterocycles. The number of hydrogen-bond donors (Lipinski definition) is 1. The number of esters is 1. The Bertz CT molecular complexity index is 1090. The summed E-state index contributed by atoms with van der Waals surface area (Å²) in [7, 11) is 0. The second kappa shape index (κ2) is 9.00. The van der Waals surface area contributed by atoms with Gasteiger partial charge in [0, 0.05) is 24.3 Å². The van der Waals surface area contributed by atoms with Gasteiger partial charge in [-0.3, -0.25) is 0 Å². The Kier molecular flexibility index (Phi) is 5.92. The second-order valence-corrected chi connectivity index (χ2v) is 9.30. The predicted octanol–water partition coefficient (Wildman–Crippen LogP) is 4.38. The molecule has 3 aromatic rings. The van der Waals surface area contributed by atoms with E-state index in [0.717, 1.165) is 43.5 Å². The van der Waals surface area contributed by atoms with Crippen molar-refractivity contribution in [2.75, 3.05) is 26.2 Å². The number of hydrogen-bond acceptors (Lipinski definition) is 4. The molecule has 1 unspecified atom stereocenters. The second-order valence-electron chi connectivity index (χ2n) is 9.30. The standard InChI is InChI=1S/C28H30NO4/c30-27(28(31,26-14-8-20-32-26)24-12-5-2-6-13-24)33-25-21-29(18-15-23(25)16-19-29)17-7-11-22-9-3-1-4-10-22/h1-14,20,23,25,31H,15-19,21H2/q+1/b11-7+/t23?,25?,28-,29?/m1/s1. The molecule has 2 bridgehead atoms. The summed E-state index contributed by atoms with van der Waals surface area (Å²) in [6.07, 6.45) is 7.71. The predicted molar refractivity (Wildman–Crippen MR) is 126 cm³/mol. The van der Waals surface area contributed by atoms with Crippen molar-refractivity contribution in [1.82, 2.24) is 0 Å². The lowest BCUT2D eigenvalue weighted by molar-refractivity contribution is -0.941. The van der Waals surface area contributed by atoms with Gasteiger partial charge in [-0.05, 0) is 23.8 Å². The van der Waals surface area contributed by atoms with Gasteiger partial charge in [-0.2, -0.15) is 0 Å². The third-order valence-corrected chi connectivity index (χ3v) is 7.27. The summed E-state index contributed by atoms with van der Waals surface area (Å²) >= 11 is 0. The van der Waals surface area contributed by atoms with Crippen LogP contribution in [0.4, 0.5) is 0 Å². The minimum Gasteiger partial charge on any atom is -0.465 e. The molecule has 2 aromatic carbocycles. The largest absolute Gasteiger partial charge is 0.465 e. The highest BCUT2D eigenvalue weighted by atomic mass is 16.6. The third kappa shape index (κ3) is 4.26. The summed E-state index contributed by atoms with van der Waals surface area (Å²) in [5, 5.41) is 11.6. The van der Waals surface area contributed by atoms with Crippen molar-refractivity contribution in [3.8, 4) is 0 Å². The SMILES string of the molecule is O=C(OC1C[N+]2(C/C=C/c3ccccc3)CCC1CC2)[C@@](O)(c1ccccc1)c1ccco1. The molecule has 0 amide bonds. The zero-order valence-corrected chi connectivity index (χ0v) is 18.7.